The number of non-ortho nitro benzene ring substituents is 2. The lowest BCUT2D eigenvalue weighted by Gasteiger charge is -2.18. The molecule has 0 bridgehead atoms. The van der Waals surface area contributed by atoms with Gasteiger partial charge >= 0.3 is 0 Å². The van der Waals surface area contributed by atoms with Crippen molar-refractivity contribution in [3.05, 3.63) is 60.9 Å². The molecule has 0 N–H and O–H groups in total. The first-order chi connectivity index (χ1) is 13.8. The molecule has 4 rings (SSSR count). The Kier molecular flexibility index (Phi) is 4.47. The Morgan fingerprint density at radius 2 is 1.62 bits per heavy atom. The summed E-state index contributed by atoms with van der Waals surface area (Å²) in [6.07, 6.45) is 0. The van der Waals surface area contributed by atoms with E-state index in [1.165, 1.54) is 11.3 Å². The van der Waals surface area contributed by atoms with Crippen LogP contribution in [0.4, 0.5) is 11.4 Å². The molecule has 0 spiro atoms. The van der Waals surface area contributed by atoms with Gasteiger partial charge in [0, 0.05) is 31.3 Å². The molecule has 2 heterocycles. The predicted molar refractivity (Wildman–Crippen MR) is 101 cm³/mol. The summed E-state index contributed by atoms with van der Waals surface area (Å²) in [5, 5.41) is 22.0. The molecule has 0 saturated heterocycles. The van der Waals surface area contributed by atoms with E-state index in [1.54, 1.807) is 23.7 Å². The maximum atomic E-state index is 12.6. The number of fused-ring (bicyclic) bond motifs is 2. The summed E-state index contributed by atoms with van der Waals surface area (Å²) in [7, 11) is 1.71. The van der Waals surface area contributed by atoms with E-state index in [0.29, 0.717) is 29.5 Å². The van der Waals surface area contributed by atoms with Gasteiger partial charge in [-0.3, -0.25) is 25.0 Å². The SMILES string of the molecule is Cn1c(=NC(=O)c2cc([N+](=O)[O-])cc([N+](=O)[O-])c2)sc2cc3c(cc21)OCCO3. The fraction of sp³-hybridized carbons (Fsp3) is 0.176. The van der Waals surface area contributed by atoms with Crippen molar-refractivity contribution in [3.63, 3.8) is 0 Å². The predicted octanol–water partition coefficient (Wildman–Crippen LogP) is 2.57. The topological polar surface area (TPSA) is 139 Å². The van der Waals surface area contributed by atoms with Gasteiger partial charge in [0.1, 0.15) is 13.2 Å². The Morgan fingerprint density at radius 3 is 2.21 bits per heavy atom. The zero-order chi connectivity index (χ0) is 20.7. The first kappa shape index (κ1) is 18.6. The number of aromatic nitrogens is 1. The van der Waals surface area contributed by atoms with Crippen molar-refractivity contribution >= 4 is 38.8 Å². The van der Waals surface area contributed by atoms with E-state index >= 15 is 0 Å². The molecule has 0 atom stereocenters. The summed E-state index contributed by atoms with van der Waals surface area (Å²) in [6, 6.07) is 6.29. The molecule has 3 aromatic rings. The molecule has 0 fully saturated rings. The highest BCUT2D eigenvalue weighted by Crippen LogP contribution is 2.35. The molecule has 1 aromatic heterocycles. The maximum absolute atomic E-state index is 12.6. The van der Waals surface area contributed by atoms with Crippen LogP contribution in [0.2, 0.25) is 0 Å². The van der Waals surface area contributed by atoms with Crippen molar-refractivity contribution in [2.45, 2.75) is 0 Å². The lowest BCUT2D eigenvalue weighted by molar-refractivity contribution is -0.394. The molecule has 1 aliphatic rings. The number of nitrogens with zero attached hydrogens (tertiary/aromatic N) is 4. The van der Waals surface area contributed by atoms with Crippen LogP contribution in [0.1, 0.15) is 10.4 Å². The van der Waals surface area contributed by atoms with Gasteiger partial charge in [-0.15, -0.1) is 0 Å². The van der Waals surface area contributed by atoms with Gasteiger partial charge in [-0.1, -0.05) is 11.3 Å². The van der Waals surface area contributed by atoms with Gasteiger partial charge in [-0.05, 0) is 0 Å². The van der Waals surface area contributed by atoms with E-state index in [0.717, 1.165) is 28.4 Å². The molecule has 2 aromatic carbocycles. The summed E-state index contributed by atoms with van der Waals surface area (Å²) >= 11 is 1.21. The molecule has 12 heteroatoms. The number of nitro groups is 2. The summed E-state index contributed by atoms with van der Waals surface area (Å²) in [5.74, 6) is 0.360. The molecule has 29 heavy (non-hydrogen) atoms. The average Bonchev–Trinajstić information content (AvgIpc) is 3.00. The third-order valence-corrected chi connectivity index (χ3v) is 5.34. The molecule has 0 unspecified atom stereocenters. The van der Waals surface area contributed by atoms with Crippen LogP contribution in [0.25, 0.3) is 10.2 Å². The molecule has 148 valence electrons. The largest absolute Gasteiger partial charge is 0.486 e. The summed E-state index contributed by atoms with van der Waals surface area (Å²) in [6.45, 7) is 0.880. The first-order valence-corrected chi connectivity index (χ1v) is 9.07. The highest BCUT2D eigenvalue weighted by molar-refractivity contribution is 7.16. The Morgan fingerprint density at radius 1 is 1.03 bits per heavy atom. The van der Waals surface area contributed by atoms with Crippen LogP contribution < -0.4 is 14.3 Å². The monoisotopic (exact) mass is 416 g/mol. The number of aryl methyl sites for hydroxylation is 1. The fourth-order valence-corrected chi connectivity index (χ4v) is 3.88. The standard InChI is InChI=1S/C17H12N4O7S/c1-19-12-7-13-14(28-3-2-27-13)8-15(12)29-17(19)18-16(22)9-4-10(20(23)24)6-11(5-9)21(25)26/h4-8H,2-3H2,1H3. The lowest BCUT2D eigenvalue weighted by Crippen LogP contribution is -2.15. The first-order valence-electron chi connectivity index (χ1n) is 8.25. The molecule has 1 aliphatic heterocycles. The van der Waals surface area contributed by atoms with Crippen LogP contribution in [0, 0.1) is 20.2 Å². The van der Waals surface area contributed by atoms with E-state index in [4.69, 9.17) is 9.47 Å². The van der Waals surface area contributed by atoms with Gasteiger partial charge in [0.15, 0.2) is 16.3 Å². The van der Waals surface area contributed by atoms with Gasteiger partial charge in [0.05, 0.1) is 31.7 Å². The Bertz CT molecular complexity index is 1230. The molecular formula is C17H12N4O7S. The zero-order valence-electron chi connectivity index (χ0n) is 14.9. The molecule has 0 aliphatic carbocycles. The van der Waals surface area contributed by atoms with Crippen molar-refractivity contribution in [2.24, 2.45) is 12.0 Å². The van der Waals surface area contributed by atoms with Gasteiger partial charge < -0.3 is 14.0 Å². The number of benzene rings is 2. The van der Waals surface area contributed by atoms with E-state index < -0.39 is 27.1 Å². The molecule has 0 saturated carbocycles. The van der Waals surface area contributed by atoms with Crippen LogP contribution in [0.15, 0.2) is 35.3 Å². The number of amides is 1. The highest BCUT2D eigenvalue weighted by Gasteiger charge is 2.20. The minimum absolute atomic E-state index is 0.241. The number of carbonyl (C=O) groups excluding carboxylic acids is 1. The van der Waals surface area contributed by atoms with Crippen molar-refractivity contribution in [1.29, 1.82) is 0 Å². The number of carbonyl (C=O) groups is 1. The van der Waals surface area contributed by atoms with Crippen LogP contribution in [0.5, 0.6) is 11.5 Å². The van der Waals surface area contributed by atoms with E-state index in [-0.39, 0.29) is 5.56 Å². The minimum atomic E-state index is -0.823. The quantitative estimate of drug-likeness (QED) is 0.472. The Labute approximate surface area is 165 Å². The Balaban J connectivity index is 1.81. The van der Waals surface area contributed by atoms with E-state index in [1.807, 2.05) is 0 Å². The van der Waals surface area contributed by atoms with Crippen LogP contribution >= 0.6 is 11.3 Å². The van der Waals surface area contributed by atoms with Crippen LogP contribution in [0.3, 0.4) is 0 Å². The van der Waals surface area contributed by atoms with Crippen molar-refractivity contribution in [1.82, 2.24) is 4.57 Å². The van der Waals surface area contributed by atoms with Crippen molar-refractivity contribution in [3.8, 4) is 11.5 Å². The minimum Gasteiger partial charge on any atom is -0.486 e. The molecule has 1 amide bonds. The number of thiazole rings is 1. The van der Waals surface area contributed by atoms with Gasteiger partial charge in [0.25, 0.3) is 17.3 Å². The third kappa shape index (κ3) is 3.40. The van der Waals surface area contributed by atoms with Gasteiger partial charge in [-0.25, -0.2) is 0 Å². The fourth-order valence-electron chi connectivity index (χ4n) is 2.85. The number of hydrogen-bond acceptors (Lipinski definition) is 8. The van der Waals surface area contributed by atoms with Crippen molar-refractivity contribution < 1.29 is 24.1 Å². The van der Waals surface area contributed by atoms with Crippen LogP contribution in [-0.4, -0.2) is 33.5 Å². The second kappa shape index (κ2) is 6.98. The molecule has 11 nitrogen and oxygen atoms in total. The van der Waals surface area contributed by atoms with E-state index in [9.17, 15) is 25.0 Å². The maximum Gasteiger partial charge on any atom is 0.280 e. The second-order valence-corrected chi connectivity index (χ2v) is 7.09. The second-order valence-electron chi connectivity index (χ2n) is 6.08. The molecular weight excluding hydrogens is 404 g/mol. The normalized spacial score (nSPS) is 13.5. The summed E-state index contributed by atoms with van der Waals surface area (Å²) < 4.78 is 13.6. The smallest absolute Gasteiger partial charge is 0.280 e. The molecule has 0 radical (unpaired) electrons. The highest BCUT2D eigenvalue weighted by atomic mass is 32.1. The summed E-state index contributed by atoms with van der Waals surface area (Å²) in [4.78, 5) is 37.4. The average molecular weight is 416 g/mol. The number of rotatable bonds is 3. The third-order valence-electron chi connectivity index (χ3n) is 4.24. The number of hydrogen-bond donors (Lipinski definition) is 0. The van der Waals surface area contributed by atoms with Crippen LogP contribution in [-0.2, 0) is 7.05 Å². The Hall–Kier alpha value is -3.80. The summed E-state index contributed by atoms with van der Waals surface area (Å²) in [5.41, 5.74) is -0.592. The van der Waals surface area contributed by atoms with Crippen molar-refractivity contribution in [2.75, 3.05) is 13.2 Å². The van der Waals surface area contributed by atoms with E-state index in [2.05, 4.69) is 4.99 Å². The van der Waals surface area contributed by atoms with Gasteiger partial charge in [-0.2, -0.15) is 4.99 Å². The number of ether oxygens (including phenoxy) is 2. The van der Waals surface area contributed by atoms with Gasteiger partial charge in [0.2, 0.25) is 0 Å². The number of nitro benzene ring substituents is 2. The lowest BCUT2D eigenvalue weighted by atomic mass is 10.1. The zero-order valence-corrected chi connectivity index (χ0v) is 15.7.